The summed E-state index contributed by atoms with van der Waals surface area (Å²) in [6, 6.07) is 12.4. The van der Waals surface area contributed by atoms with Crippen LogP contribution in [0.25, 0.3) is 11.3 Å². The van der Waals surface area contributed by atoms with Crippen molar-refractivity contribution in [1.82, 2.24) is 20.6 Å². The molecule has 12 heteroatoms. The Balaban J connectivity index is 1.29. The summed E-state index contributed by atoms with van der Waals surface area (Å²) in [4.78, 5) is 25.3. The maximum Gasteiger partial charge on any atom is 0.416 e. The predicted octanol–water partition coefficient (Wildman–Crippen LogP) is 5.35. The van der Waals surface area contributed by atoms with E-state index in [0.717, 1.165) is 43.6 Å². The number of hydrogen-bond acceptors (Lipinski definition) is 8. The molecule has 2 saturated heterocycles. The molecule has 1 aromatic carbocycles. The van der Waals surface area contributed by atoms with Crippen LogP contribution in [0.1, 0.15) is 60.6 Å². The first-order chi connectivity index (χ1) is 21.7. The van der Waals surface area contributed by atoms with Crippen molar-refractivity contribution in [3.63, 3.8) is 0 Å². The SMILES string of the molecule is CCOc1ncccc1-c1ccc(N2CC[C@@H](Oc3ccc(C(F)(F)F)cc3C#N)C[C@@H]2C2CC2)c(C(=O)N[C@@H]2CCNC2)n1. The van der Waals surface area contributed by atoms with Gasteiger partial charge in [0.1, 0.15) is 17.9 Å². The van der Waals surface area contributed by atoms with Crippen LogP contribution in [0.15, 0.2) is 48.7 Å². The normalized spacial score (nSPS) is 21.7. The molecular weight excluding hydrogens is 585 g/mol. The second-order valence-corrected chi connectivity index (χ2v) is 11.7. The molecular formula is C33H35F3N6O3. The number of ether oxygens (including phenoxy) is 2. The van der Waals surface area contributed by atoms with Gasteiger partial charge >= 0.3 is 6.18 Å². The standard InChI is InChI=1S/C33H35F3N6O3/c1-2-44-32-25(4-3-13-39-32)26-8-9-27(30(41-26)31(43)40-23-11-14-38-19-23)42-15-12-24(17-28(42)20-5-6-20)45-29-10-7-22(33(34,35)36)16-21(29)18-37/h3-4,7-10,13,16,20,23-24,28,38H,2,5-6,11-12,14-15,17,19H2,1H3,(H,40,43)/t23-,24-,28-/m1/s1. The van der Waals surface area contributed by atoms with Crippen molar-refractivity contribution in [2.75, 3.05) is 31.1 Å². The molecule has 2 N–H and O–H groups in total. The van der Waals surface area contributed by atoms with Crippen molar-refractivity contribution < 1.29 is 27.4 Å². The summed E-state index contributed by atoms with van der Waals surface area (Å²) < 4.78 is 51.6. The van der Waals surface area contributed by atoms with Gasteiger partial charge in [-0.15, -0.1) is 0 Å². The van der Waals surface area contributed by atoms with Gasteiger partial charge < -0.3 is 25.0 Å². The average Bonchev–Trinajstić information content (AvgIpc) is 3.76. The summed E-state index contributed by atoms with van der Waals surface area (Å²) in [7, 11) is 0. The highest BCUT2D eigenvalue weighted by Crippen LogP contribution is 2.43. The Morgan fingerprint density at radius 1 is 1.18 bits per heavy atom. The van der Waals surface area contributed by atoms with Crippen molar-refractivity contribution in [3.05, 3.63) is 65.5 Å². The summed E-state index contributed by atoms with van der Waals surface area (Å²) in [5.74, 6) is 0.729. The van der Waals surface area contributed by atoms with Gasteiger partial charge in [0.2, 0.25) is 5.88 Å². The summed E-state index contributed by atoms with van der Waals surface area (Å²) >= 11 is 0. The van der Waals surface area contributed by atoms with Crippen LogP contribution in [0.5, 0.6) is 11.6 Å². The van der Waals surface area contributed by atoms with Crippen molar-refractivity contribution in [2.24, 2.45) is 5.92 Å². The third kappa shape index (κ3) is 6.83. The van der Waals surface area contributed by atoms with Crippen LogP contribution in [-0.4, -0.2) is 60.3 Å². The van der Waals surface area contributed by atoms with E-state index in [1.807, 2.05) is 31.2 Å². The number of nitrogens with zero attached hydrogens (tertiary/aromatic N) is 4. The minimum Gasteiger partial charge on any atom is -0.489 e. The predicted molar refractivity (Wildman–Crippen MR) is 161 cm³/mol. The zero-order valence-corrected chi connectivity index (χ0v) is 24.9. The highest BCUT2D eigenvalue weighted by molar-refractivity contribution is 5.99. The van der Waals surface area contributed by atoms with Gasteiger partial charge in [0.25, 0.3) is 5.91 Å². The number of halogens is 3. The minimum atomic E-state index is -4.55. The number of amides is 1. The molecule has 0 radical (unpaired) electrons. The van der Waals surface area contributed by atoms with Gasteiger partial charge in [0, 0.05) is 44.2 Å². The smallest absolute Gasteiger partial charge is 0.416 e. The molecule has 9 nitrogen and oxygen atoms in total. The quantitative estimate of drug-likeness (QED) is 0.329. The van der Waals surface area contributed by atoms with Gasteiger partial charge in [0.15, 0.2) is 5.69 Å². The first kappa shape index (κ1) is 30.6. The molecule has 1 saturated carbocycles. The lowest BCUT2D eigenvalue weighted by Gasteiger charge is -2.42. The Kier molecular flexibility index (Phi) is 8.81. The molecule has 4 heterocycles. The number of piperidine rings is 1. The van der Waals surface area contributed by atoms with Crippen molar-refractivity contribution in [2.45, 2.75) is 63.4 Å². The van der Waals surface area contributed by atoms with Crippen LogP contribution < -0.4 is 25.0 Å². The number of aromatic nitrogens is 2. The van der Waals surface area contributed by atoms with Gasteiger partial charge in [-0.2, -0.15) is 18.4 Å². The zero-order valence-electron chi connectivity index (χ0n) is 24.9. The number of anilines is 1. The lowest BCUT2D eigenvalue weighted by atomic mass is 9.94. The number of nitriles is 1. The first-order valence-corrected chi connectivity index (χ1v) is 15.4. The van der Waals surface area contributed by atoms with Crippen LogP contribution in [0.4, 0.5) is 18.9 Å². The first-order valence-electron chi connectivity index (χ1n) is 15.4. The molecule has 236 valence electrons. The van der Waals surface area contributed by atoms with Gasteiger partial charge in [-0.1, -0.05) is 0 Å². The molecule has 6 rings (SSSR count). The molecule has 0 spiro atoms. The summed E-state index contributed by atoms with van der Waals surface area (Å²) in [5, 5.41) is 16.0. The Morgan fingerprint density at radius 3 is 2.73 bits per heavy atom. The van der Waals surface area contributed by atoms with Crippen LogP contribution in [0.2, 0.25) is 0 Å². The second-order valence-electron chi connectivity index (χ2n) is 11.7. The molecule has 3 atom stereocenters. The number of pyridine rings is 2. The third-order valence-corrected chi connectivity index (χ3v) is 8.61. The van der Waals surface area contributed by atoms with Crippen LogP contribution >= 0.6 is 0 Å². The van der Waals surface area contributed by atoms with Gasteiger partial charge in [-0.3, -0.25) is 4.79 Å². The molecule has 0 bridgehead atoms. The Hall–Kier alpha value is -4.37. The van der Waals surface area contributed by atoms with Crippen LogP contribution in [0.3, 0.4) is 0 Å². The summed E-state index contributed by atoms with van der Waals surface area (Å²) in [5.41, 5.74) is 1.30. The van der Waals surface area contributed by atoms with Gasteiger partial charge in [-0.05, 0) is 81.1 Å². The fourth-order valence-electron chi connectivity index (χ4n) is 6.24. The van der Waals surface area contributed by atoms with Crippen molar-refractivity contribution in [3.8, 4) is 29.0 Å². The fraction of sp³-hybridized carbons (Fsp3) is 0.455. The third-order valence-electron chi connectivity index (χ3n) is 8.61. The number of nitrogens with one attached hydrogen (secondary N) is 2. The van der Waals surface area contributed by atoms with E-state index in [1.165, 1.54) is 6.07 Å². The second kappa shape index (κ2) is 12.9. The number of alkyl halides is 3. The number of rotatable bonds is 9. The molecule has 1 amide bonds. The average molecular weight is 621 g/mol. The fourth-order valence-corrected chi connectivity index (χ4v) is 6.24. The topological polar surface area (TPSA) is 112 Å². The Bertz CT molecular complexity index is 1580. The Morgan fingerprint density at radius 2 is 2.02 bits per heavy atom. The van der Waals surface area contributed by atoms with E-state index in [0.29, 0.717) is 61.3 Å². The minimum absolute atomic E-state index is 0.00427. The van der Waals surface area contributed by atoms with Crippen LogP contribution in [0, 0.1) is 17.2 Å². The molecule has 45 heavy (non-hydrogen) atoms. The van der Waals surface area contributed by atoms with Gasteiger partial charge in [-0.25, -0.2) is 9.97 Å². The maximum absolute atomic E-state index is 13.8. The van der Waals surface area contributed by atoms with E-state index < -0.39 is 11.7 Å². The van der Waals surface area contributed by atoms with Crippen LogP contribution in [-0.2, 0) is 6.18 Å². The van der Waals surface area contributed by atoms with Gasteiger partial charge in [0.05, 0.1) is 34.7 Å². The maximum atomic E-state index is 13.8. The van der Waals surface area contributed by atoms with E-state index in [2.05, 4.69) is 20.5 Å². The monoisotopic (exact) mass is 620 g/mol. The van der Waals surface area contributed by atoms with E-state index >= 15 is 0 Å². The highest BCUT2D eigenvalue weighted by atomic mass is 19.4. The Labute approximate surface area is 259 Å². The number of carbonyl (C=O) groups excluding carboxylic acids is 1. The van der Waals surface area contributed by atoms with E-state index in [4.69, 9.17) is 14.5 Å². The molecule has 3 aliphatic rings. The lowest BCUT2D eigenvalue weighted by Crippen LogP contribution is -2.48. The number of carbonyl (C=O) groups is 1. The lowest BCUT2D eigenvalue weighted by molar-refractivity contribution is -0.137. The van der Waals surface area contributed by atoms with Crippen molar-refractivity contribution >= 4 is 11.6 Å². The molecule has 3 aromatic rings. The number of benzene rings is 1. The largest absolute Gasteiger partial charge is 0.489 e. The summed E-state index contributed by atoms with van der Waals surface area (Å²) in [6.45, 7) is 4.40. The van der Waals surface area contributed by atoms with E-state index in [1.54, 1.807) is 12.3 Å². The molecule has 1 aliphatic carbocycles. The molecule has 2 aromatic heterocycles. The highest BCUT2D eigenvalue weighted by Gasteiger charge is 2.42. The number of hydrogen-bond donors (Lipinski definition) is 2. The zero-order chi connectivity index (χ0) is 31.6. The van der Waals surface area contributed by atoms with Crippen molar-refractivity contribution in [1.29, 1.82) is 5.26 Å². The van der Waals surface area contributed by atoms with E-state index in [-0.39, 0.29) is 35.4 Å². The summed E-state index contributed by atoms with van der Waals surface area (Å²) in [6.07, 6.45) is 0.868. The molecule has 2 aliphatic heterocycles. The van der Waals surface area contributed by atoms with E-state index in [9.17, 15) is 23.2 Å². The molecule has 3 fully saturated rings. The molecule has 0 unspecified atom stereocenters.